The van der Waals surface area contributed by atoms with Gasteiger partial charge in [-0.3, -0.25) is 9.10 Å². The molecule has 0 spiro atoms. The quantitative estimate of drug-likeness (QED) is 0.711. The molecule has 2 rings (SSSR count). The topological polar surface area (TPSA) is 66.5 Å². The molecule has 1 atom stereocenters. The Hall–Kier alpha value is -2.34. The fraction of sp³-hybridized carbons (Fsp3) is 0.381. The van der Waals surface area contributed by atoms with Crippen molar-refractivity contribution >= 4 is 21.6 Å². The molecule has 1 N–H and O–H groups in total. The molecular formula is C21H28N2O3S. The fourth-order valence-electron chi connectivity index (χ4n) is 3.03. The van der Waals surface area contributed by atoms with E-state index in [9.17, 15) is 13.2 Å². The molecule has 2 aromatic carbocycles. The molecule has 5 nitrogen and oxygen atoms in total. The molecule has 0 unspecified atom stereocenters. The summed E-state index contributed by atoms with van der Waals surface area (Å²) in [5.74, 6) is -0.304. The number of nitrogens with one attached hydrogen (secondary N) is 1. The number of hydrogen-bond donors (Lipinski definition) is 1. The first-order chi connectivity index (χ1) is 12.9. The number of para-hydroxylation sites is 1. The second-order valence-electron chi connectivity index (χ2n) is 6.56. The first kappa shape index (κ1) is 21.0. The van der Waals surface area contributed by atoms with Gasteiger partial charge in [0.25, 0.3) is 10.0 Å². The number of aryl methyl sites for hydroxylation is 1. The largest absolute Gasteiger partial charge is 0.352 e. The van der Waals surface area contributed by atoms with Gasteiger partial charge >= 0.3 is 0 Å². The summed E-state index contributed by atoms with van der Waals surface area (Å²) >= 11 is 0. The number of rotatable bonds is 9. The summed E-state index contributed by atoms with van der Waals surface area (Å²) in [6.07, 6.45) is 2.47. The minimum Gasteiger partial charge on any atom is -0.352 e. The van der Waals surface area contributed by atoms with Crippen LogP contribution in [0.15, 0.2) is 59.5 Å². The van der Waals surface area contributed by atoms with Gasteiger partial charge in [0, 0.05) is 6.04 Å². The van der Waals surface area contributed by atoms with Crippen LogP contribution in [0.25, 0.3) is 0 Å². The maximum absolute atomic E-state index is 13.3. The Balaban J connectivity index is 2.42. The predicted octanol–water partition coefficient (Wildman–Crippen LogP) is 3.75. The van der Waals surface area contributed by atoms with Crippen molar-refractivity contribution in [1.29, 1.82) is 0 Å². The first-order valence-electron chi connectivity index (χ1n) is 9.35. The fourth-order valence-corrected chi connectivity index (χ4v) is 4.51. The van der Waals surface area contributed by atoms with Crippen LogP contribution in [0, 0.1) is 0 Å². The zero-order valence-corrected chi connectivity index (χ0v) is 17.0. The molecule has 0 aliphatic rings. The third kappa shape index (κ3) is 5.32. The Morgan fingerprint density at radius 2 is 1.67 bits per heavy atom. The highest BCUT2D eigenvalue weighted by molar-refractivity contribution is 7.92. The van der Waals surface area contributed by atoms with Gasteiger partial charge in [0.2, 0.25) is 5.91 Å². The molecule has 0 aromatic heterocycles. The molecule has 6 heteroatoms. The molecule has 0 radical (unpaired) electrons. The molecule has 0 aliphatic heterocycles. The Morgan fingerprint density at radius 1 is 1.04 bits per heavy atom. The minimum absolute atomic E-state index is 0.00481. The third-order valence-corrected chi connectivity index (χ3v) is 6.16. The zero-order valence-electron chi connectivity index (χ0n) is 16.2. The smallest absolute Gasteiger partial charge is 0.264 e. The summed E-state index contributed by atoms with van der Waals surface area (Å²) in [6.45, 7) is 5.70. The Labute approximate surface area is 162 Å². The second-order valence-corrected chi connectivity index (χ2v) is 8.43. The average Bonchev–Trinajstić information content (AvgIpc) is 2.67. The highest BCUT2D eigenvalue weighted by atomic mass is 32.2. The van der Waals surface area contributed by atoms with Crippen LogP contribution in [0.3, 0.4) is 0 Å². The van der Waals surface area contributed by atoms with Crippen molar-refractivity contribution in [1.82, 2.24) is 5.32 Å². The van der Waals surface area contributed by atoms with Gasteiger partial charge in [-0.2, -0.15) is 0 Å². The Kier molecular flexibility index (Phi) is 7.42. The summed E-state index contributed by atoms with van der Waals surface area (Å²) in [7, 11) is -3.86. The Morgan fingerprint density at radius 3 is 2.30 bits per heavy atom. The first-order valence-corrected chi connectivity index (χ1v) is 10.8. The normalized spacial score (nSPS) is 12.4. The molecule has 0 bridgehead atoms. The van der Waals surface area contributed by atoms with Crippen LogP contribution in [0.5, 0.6) is 0 Å². The van der Waals surface area contributed by atoms with Crippen LogP contribution in [-0.2, 0) is 21.2 Å². The number of carbonyl (C=O) groups excluding carboxylic acids is 1. The summed E-state index contributed by atoms with van der Waals surface area (Å²) in [6, 6.07) is 15.5. The lowest BCUT2D eigenvalue weighted by atomic mass is 10.1. The number of sulfonamides is 1. The lowest BCUT2D eigenvalue weighted by Crippen LogP contribution is -2.43. The number of amides is 1. The van der Waals surface area contributed by atoms with Crippen molar-refractivity contribution in [2.24, 2.45) is 0 Å². The van der Waals surface area contributed by atoms with Gasteiger partial charge in [0.15, 0.2) is 0 Å². The van der Waals surface area contributed by atoms with E-state index in [4.69, 9.17) is 0 Å². The van der Waals surface area contributed by atoms with E-state index in [1.807, 2.05) is 32.9 Å². The molecule has 146 valence electrons. The molecule has 1 amide bonds. The molecule has 0 aliphatic carbocycles. The number of anilines is 1. The van der Waals surface area contributed by atoms with Crippen molar-refractivity contribution in [3.63, 3.8) is 0 Å². The molecule has 0 heterocycles. The standard InChI is InChI=1S/C21H28N2O3S/c1-4-11-17(3)22-21(24)16-23(20-15-10-9-12-18(20)5-2)27(25,26)19-13-7-6-8-14-19/h6-10,12-15,17H,4-5,11,16H2,1-3H3,(H,22,24)/t17-/m0/s1. The van der Waals surface area contributed by atoms with Crippen LogP contribution >= 0.6 is 0 Å². The second kappa shape index (κ2) is 9.55. The highest BCUT2D eigenvalue weighted by Gasteiger charge is 2.28. The maximum Gasteiger partial charge on any atom is 0.264 e. The highest BCUT2D eigenvalue weighted by Crippen LogP contribution is 2.27. The lowest BCUT2D eigenvalue weighted by molar-refractivity contribution is -0.120. The van der Waals surface area contributed by atoms with Crippen molar-refractivity contribution in [2.75, 3.05) is 10.8 Å². The van der Waals surface area contributed by atoms with E-state index < -0.39 is 10.0 Å². The van der Waals surface area contributed by atoms with E-state index in [1.54, 1.807) is 42.5 Å². The molecule has 0 saturated carbocycles. The van der Waals surface area contributed by atoms with Crippen molar-refractivity contribution in [3.05, 3.63) is 60.2 Å². The Bertz CT molecular complexity index is 851. The van der Waals surface area contributed by atoms with Crippen molar-refractivity contribution in [3.8, 4) is 0 Å². The van der Waals surface area contributed by atoms with Crippen LogP contribution in [0.4, 0.5) is 5.69 Å². The van der Waals surface area contributed by atoms with E-state index in [0.29, 0.717) is 12.1 Å². The van der Waals surface area contributed by atoms with Gasteiger partial charge in [0.05, 0.1) is 10.6 Å². The van der Waals surface area contributed by atoms with Crippen LogP contribution in [0.2, 0.25) is 0 Å². The van der Waals surface area contributed by atoms with Crippen molar-refractivity contribution < 1.29 is 13.2 Å². The number of nitrogens with zero attached hydrogens (tertiary/aromatic N) is 1. The van der Waals surface area contributed by atoms with E-state index >= 15 is 0 Å². The summed E-state index contributed by atoms with van der Waals surface area (Å²) in [4.78, 5) is 12.7. The summed E-state index contributed by atoms with van der Waals surface area (Å²) in [5, 5.41) is 2.90. The summed E-state index contributed by atoms with van der Waals surface area (Å²) in [5.41, 5.74) is 1.42. The monoisotopic (exact) mass is 388 g/mol. The van der Waals surface area contributed by atoms with Crippen molar-refractivity contribution in [2.45, 2.75) is 51.0 Å². The summed E-state index contributed by atoms with van der Waals surface area (Å²) < 4.78 is 27.8. The van der Waals surface area contributed by atoms with Gasteiger partial charge in [-0.1, -0.05) is 56.7 Å². The van der Waals surface area contributed by atoms with Gasteiger partial charge in [0.1, 0.15) is 6.54 Å². The predicted molar refractivity (Wildman–Crippen MR) is 109 cm³/mol. The van der Waals surface area contributed by atoms with E-state index in [1.165, 1.54) is 4.31 Å². The van der Waals surface area contributed by atoms with E-state index in [0.717, 1.165) is 18.4 Å². The average molecular weight is 389 g/mol. The number of carbonyl (C=O) groups is 1. The molecule has 27 heavy (non-hydrogen) atoms. The zero-order chi connectivity index (χ0) is 19.9. The molecule has 0 saturated heterocycles. The van der Waals surface area contributed by atoms with Gasteiger partial charge in [-0.15, -0.1) is 0 Å². The van der Waals surface area contributed by atoms with E-state index in [2.05, 4.69) is 5.32 Å². The van der Waals surface area contributed by atoms with Gasteiger partial charge in [-0.05, 0) is 43.5 Å². The van der Waals surface area contributed by atoms with Gasteiger partial charge in [-0.25, -0.2) is 8.42 Å². The molecule has 2 aromatic rings. The maximum atomic E-state index is 13.3. The number of hydrogen-bond acceptors (Lipinski definition) is 3. The molecular weight excluding hydrogens is 360 g/mol. The minimum atomic E-state index is -3.86. The third-order valence-electron chi connectivity index (χ3n) is 4.39. The SMILES string of the molecule is CCC[C@H](C)NC(=O)CN(c1ccccc1CC)S(=O)(=O)c1ccccc1. The van der Waals surface area contributed by atoms with Crippen LogP contribution in [-0.4, -0.2) is 26.9 Å². The van der Waals surface area contributed by atoms with Gasteiger partial charge < -0.3 is 5.32 Å². The number of benzene rings is 2. The van der Waals surface area contributed by atoms with E-state index in [-0.39, 0.29) is 23.4 Å². The lowest BCUT2D eigenvalue weighted by Gasteiger charge is -2.26. The molecule has 0 fully saturated rings. The van der Waals surface area contributed by atoms with Crippen LogP contribution in [0.1, 0.15) is 39.2 Å². The van der Waals surface area contributed by atoms with Crippen LogP contribution < -0.4 is 9.62 Å².